The van der Waals surface area contributed by atoms with E-state index in [9.17, 15) is 9.59 Å². The molecule has 0 fully saturated rings. The van der Waals surface area contributed by atoms with Gasteiger partial charge in [-0.2, -0.15) is 9.78 Å². The summed E-state index contributed by atoms with van der Waals surface area (Å²) in [6.45, 7) is 0.191. The predicted octanol–water partition coefficient (Wildman–Crippen LogP) is 2.05. The molecule has 0 saturated carbocycles. The molecule has 7 nitrogen and oxygen atoms in total. The minimum absolute atomic E-state index is 0.0872. The Labute approximate surface area is 145 Å². The Bertz CT molecular complexity index is 662. The highest BCUT2D eigenvalue weighted by atomic mass is 17.2. The normalized spacial score (nSPS) is 11.6. The van der Waals surface area contributed by atoms with Gasteiger partial charge in [0.1, 0.15) is 19.3 Å². The fourth-order valence-electron chi connectivity index (χ4n) is 1.83. The zero-order chi connectivity index (χ0) is 17.9. The zero-order valence-electron chi connectivity index (χ0n) is 13.5. The van der Waals surface area contributed by atoms with Crippen molar-refractivity contribution >= 4 is 11.9 Å². The topological polar surface area (TPSA) is 97.1 Å². The van der Waals surface area contributed by atoms with Crippen LogP contribution in [0.2, 0.25) is 0 Å². The van der Waals surface area contributed by atoms with Crippen molar-refractivity contribution in [2.45, 2.75) is 25.7 Å². The van der Waals surface area contributed by atoms with E-state index in [1.807, 2.05) is 60.7 Å². The smallest absolute Gasteiger partial charge is 0.318 e. The third kappa shape index (κ3) is 7.13. The van der Waals surface area contributed by atoms with Gasteiger partial charge in [-0.05, 0) is 11.1 Å². The number of carbonyl (C=O) groups is 2. The van der Waals surface area contributed by atoms with Crippen molar-refractivity contribution in [1.82, 2.24) is 0 Å². The second-order valence-corrected chi connectivity index (χ2v) is 5.16. The Morgan fingerprint density at radius 2 is 1.28 bits per heavy atom. The molecule has 0 spiro atoms. The Hall–Kier alpha value is -2.74. The van der Waals surface area contributed by atoms with E-state index in [1.165, 1.54) is 0 Å². The van der Waals surface area contributed by atoms with E-state index in [0.29, 0.717) is 0 Å². The van der Waals surface area contributed by atoms with E-state index < -0.39 is 18.0 Å². The summed E-state index contributed by atoms with van der Waals surface area (Å²) in [6.07, 6.45) is -0.387. The molecule has 25 heavy (non-hydrogen) atoms. The lowest BCUT2D eigenvalue weighted by atomic mass is 10.2. The van der Waals surface area contributed by atoms with Gasteiger partial charge in [-0.3, -0.25) is 9.78 Å². The molecule has 1 atom stereocenters. The molecule has 0 aliphatic heterocycles. The van der Waals surface area contributed by atoms with Gasteiger partial charge in [-0.15, -0.1) is 0 Å². The minimum atomic E-state index is -1.21. The lowest BCUT2D eigenvalue weighted by molar-refractivity contribution is -0.286. The van der Waals surface area contributed by atoms with Gasteiger partial charge in [-0.1, -0.05) is 60.7 Å². The third-order valence-corrected chi connectivity index (χ3v) is 3.12. The van der Waals surface area contributed by atoms with Gasteiger partial charge in [-0.25, -0.2) is 9.59 Å². The predicted molar refractivity (Wildman–Crippen MR) is 87.2 cm³/mol. The van der Waals surface area contributed by atoms with Gasteiger partial charge in [0, 0.05) is 0 Å². The van der Waals surface area contributed by atoms with Gasteiger partial charge in [0.2, 0.25) is 0 Å². The fourth-order valence-corrected chi connectivity index (χ4v) is 1.83. The highest BCUT2D eigenvalue weighted by Gasteiger charge is 2.21. The van der Waals surface area contributed by atoms with Crippen LogP contribution in [0.4, 0.5) is 0 Å². The fraction of sp³-hybridized carbons (Fsp3) is 0.222. The number of carbonyl (C=O) groups excluding carboxylic acids is 2. The first-order chi connectivity index (χ1) is 12.1. The molecule has 0 radical (unpaired) electrons. The average Bonchev–Trinajstić information content (AvgIpc) is 2.63. The summed E-state index contributed by atoms with van der Waals surface area (Å²) >= 11 is 0. The minimum Gasteiger partial charge on any atom is -0.318 e. The van der Waals surface area contributed by atoms with Crippen LogP contribution in [0.15, 0.2) is 60.7 Å². The van der Waals surface area contributed by atoms with Gasteiger partial charge in [0.15, 0.2) is 0 Å². The average molecular weight is 345 g/mol. The van der Waals surface area contributed by atoms with E-state index in [1.54, 1.807) is 0 Å². The van der Waals surface area contributed by atoms with Crippen molar-refractivity contribution in [3.8, 4) is 0 Å². The maximum Gasteiger partial charge on any atom is 0.359 e. The Kier molecular flexibility index (Phi) is 7.58. The molecular weight excluding hydrogens is 326 g/mol. The molecule has 2 aromatic rings. The Morgan fingerprint density at radius 1 is 0.800 bits per heavy atom. The molecule has 0 saturated heterocycles. The van der Waals surface area contributed by atoms with Crippen LogP contribution in [0.1, 0.15) is 17.5 Å². The number of hydrogen-bond donors (Lipinski definition) is 1. The van der Waals surface area contributed by atoms with Crippen LogP contribution in [0.5, 0.6) is 0 Å². The van der Waals surface area contributed by atoms with Crippen molar-refractivity contribution in [3.63, 3.8) is 0 Å². The molecule has 0 aliphatic carbocycles. The first-order valence-electron chi connectivity index (χ1n) is 7.64. The van der Waals surface area contributed by atoms with E-state index in [0.717, 1.165) is 11.1 Å². The van der Waals surface area contributed by atoms with E-state index >= 15 is 0 Å². The molecule has 0 aliphatic rings. The highest BCUT2D eigenvalue weighted by molar-refractivity contribution is 5.81. The van der Waals surface area contributed by atoms with Gasteiger partial charge in [0.25, 0.3) is 0 Å². The highest BCUT2D eigenvalue weighted by Crippen LogP contribution is 2.04. The van der Waals surface area contributed by atoms with Crippen LogP contribution in [-0.2, 0) is 42.4 Å². The van der Waals surface area contributed by atoms with Crippen molar-refractivity contribution < 1.29 is 29.1 Å². The van der Waals surface area contributed by atoms with Gasteiger partial charge >= 0.3 is 11.9 Å². The van der Waals surface area contributed by atoms with Crippen LogP contribution < -0.4 is 5.73 Å². The molecule has 0 amide bonds. The van der Waals surface area contributed by atoms with Crippen LogP contribution in [-0.4, -0.2) is 18.0 Å². The van der Waals surface area contributed by atoms with Crippen molar-refractivity contribution in [3.05, 3.63) is 71.8 Å². The molecule has 2 rings (SSSR count). The molecular formula is C18H19NO6. The number of benzene rings is 2. The lowest BCUT2D eigenvalue weighted by Gasteiger charge is -2.09. The quantitative estimate of drug-likeness (QED) is 0.549. The van der Waals surface area contributed by atoms with E-state index in [-0.39, 0.29) is 19.6 Å². The summed E-state index contributed by atoms with van der Waals surface area (Å²) in [5, 5.41) is 0. The lowest BCUT2D eigenvalue weighted by Crippen LogP contribution is -2.35. The van der Waals surface area contributed by atoms with Crippen molar-refractivity contribution in [1.29, 1.82) is 0 Å². The summed E-state index contributed by atoms with van der Waals surface area (Å²) < 4.78 is 0. The van der Waals surface area contributed by atoms with Crippen LogP contribution in [0.25, 0.3) is 0 Å². The maximum atomic E-state index is 11.6. The standard InChI is InChI=1S/C18H19NO6/c19-16(18(21)25-23-13-15-9-5-2-6-10-15)11-17(20)24-22-12-14-7-3-1-4-8-14/h1-10,16H,11-13,19H2. The summed E-state index contributed by atoms with van der Waals surface area (Å²) in [4.78, 5) is 42.0. The van der Waals surface area contributed by atoms with E-state index in [4.69, 9.17) is 15.5 Å². The molecule has 0 heterocycles. The van der Waals surface area contributed by atoms with Crippen LogP contribution in [0, 0.1) is 0 Å². The summed E-state index contributed by atoms with van der Waals surface area (Å²) in [6, 6.07) is 17.1. The number of rotatable bonds is 9. The molecule has 2 N–H and O–H groups in total. The van der Waals surface area contributed by atoms with Crippen LogP contribution in [0.3, 0.4) is 0 Å². The van der Waals surface area contributed by atoms with Crippen molar-refractivity contribution in [2.24, 2.45) is 5.73 Å². The van der Waals surface area contributed by atoms with E-state index in [2.05, 4.69) is 9.78 Å². The monoisotopic (exact) mass is 345 g/mol. The maximum absolute atomic E-state index is 11.6. The molecule has 0 aromatic heterocycles. The summed E-state index contributed by atoms with van der Waals surface area (Å²) in [5.74, 6) is -1.64. The SMILES string of the molecule is NC(CC(=O)OOCc1ccccc1)C(=O)OOCc1ccccc1. The van der Waals surface area contributed by atoms with Gasteiger partial charge in [0.05, 0.1) is 6.42 Å². The third-order valence-electron chi connectivity index (χ3n) is 3.12. The molecule has 7 heteroatoms. The Morgan fingerprint density at radius 3 is 1.80 bits per heavy atom. The summed E-state index contributed by atoms with van der Waals surface area (Å²) in [5.41, 5.74) is 7.24. The number of nitrogens with two attached hydrogens (primary N) is 1. The molecule has 132 valence electrons. The largest absolute Gasteiger partial charge is 0.359 e. The summed E-state index contributed by atoms with van der Waals surface area (Å²) in [7, 11) is 0. The molecule has 0 bridgehead atoms. The first-order valence-corrected chi connectivity index (χ1v) is 7.64. The first kappa shape index (κ1) is 18.6. The number of hydrogen-bond acceptors (Lipinski definition) is 7. The second-order valence-electron chi connectivity index (χ2n) is 5.16. The Balaban J connectivity index is 1.61. The van der Waals surface area contributed by atoms with Crippen LogP contribution >= 0.6 is 0 Å². The second kappa shape index (κ2) is 10.2. The van der Waals surface area contributed by atoms with Gasteiger partial charge < -0.3 is 5.73 Å². The zero-order valence-corrected chi connectivity index (χ0v) is 13.5. The molecule has 1 unspecified atom stereocenters. The molecule has 2 aromatic carbocycles. The van der Waals surface area contributed by atoms with Crippen molar-refractivity contribution in [2.75, 3.05) is 0 Å².